The summed E-state index contributed by atoms with van der Waals surface area (Å²) in [6.45, 7) is 0. The number of hydrogen-bond acceptors (Lipinski definition) is 4. The Balaban J connectivity index is 1.97. The highest BCUT2D eigenvalue weighted by Gasteiger charge is 2.48. The maximum atomic E-state index is 12.4. The highest BCUT2D eigenvalue weighted by atomic mass is 35.5. The Labute approximate surface area is 125 Å². The fourth-order valence-corrected chi connectivity index (χ4v) is 3.11. The van der Waals surface area contributed by atoms with Gasteiger partial charge in [-0.3, -0.25) is 14.5 Å². The first kappa shape index (κ1) is 13.8. The predicted octanol–water partition coefficient (Wildman–Crippen LogP) is 1.07. The Bertz CT molecular complexity index is 682. The number of carboxylic acid groups (broad SMARTS) is 1. The molecule has 0 radical (unpaired) electrons. The van der Waals surface area contributed by atoms with Crippen molar-refractivity contribution < 1.29 is 19.5 Å². The highest BCUT2D eigenvalue weighted by Crippen LogP contribution is 2.40. The molecule has 1 heterocycles. The standard InChI is InChI=1S/C15H12ClNO4/c16-9-4-5-11-12(7-9)14(19)17(13(11)18)10-3-1-2-8(6-10)15(20)21/h1-4,6,11-12H,5,7H2,(H,20,21)/p-1/t11-,12+/m1/s1. The van der Waals surface area contributed by atoms with Gasteiger partial charge in [-0.25, -0.2) is 0 Å². The van der Waals surface area contributed by atoms with Crippen molar-refractivity contribution in [2.45, 2.75) is 12.8 Å². The highest BCUT2D eigenvalue weighted by molar-refractivity contribution is 6.30. The lowest BCUT2D eigenvalue weighted by molar-refractivity contribution is -0.255. The van der Waals surface area contributed by atoms with E-state index in [0.29, 0.717) is 17.9 Å². The Morgan fingerprint density at radius 2 is 1.95 bits per heavy atom. The van der Waals surface area contributed by atoms with E-state index < -0.39 is 17.8 Å². The lowest BCUT2D eigenvalue weighted by Gasteiger charge is -2.17. The van der Waals surface area contributed by atoms with Gasteiger partial charge in [-0.05, 0) is 30.5 Å². The first-order chi connectivity index (χ1) is 9.99. The van der Waals surface area contributed by atoms with Crippen molar-refractivity contribution in [2.24, 2.45) is 11.8 Å². The minimum atomic E-state index is -1.35. The lowest BCUT2D eigenvalue weighted by Crippen LogP contribution is -2.31. The molecule has 0 unspecified atom stereocenters. The Morgan fingerprint density at radius 3 is 2.67 bits per heavy atom. The zero-order valence-corrected chi connectivity index (χ0v) is 11.7. The normalized spacial score (nSPS) is 24.8. The van der Waals surface area contributed by atoms with E-state index in [4.69, 9.17) is 11.6 Å². The number of anilines is 1. The molecule has 6 heteroatoms. The molecule has 2 atom stereocenters. The lowest BCUT2D eigenvalue weighted by atomic mass is 9.85. The molecule has 1 fully saturated rings. The molecule has 2 aliphatic rings. The van der Waals surface area contributed by atoms with Crippen LogP contribution in [0.4, 0.5) is 5.69 Å². The number of amides is 2. The summed E-state index contributed by atoms with van der Waals surface area (Å²) in [5.41, 5.74) is 0.191. The summed E-state index contributed by atoms with van der Waals surface area (Å²) in [6, 6.07) is 5.65. The molecule has 2 amide bonds. The van der Waals surface area contributed by atoms with E-state index in [1.165, 1.54) is 24.3 Å². The first-order valence-electron chi connectivity index (χ1n) is 6.53. The topological polar surface area (TPSA) is 77.5 Å². The Hall–Kier alpha value is -2.14. The molecule has 0 spiro atoms. The van der Waals surface area contributed by atoms with Crippen molar-refractivity contribution in [3.63, 3.8) is 0 Å². The smallest absolute Gasteiger partial charge is 0.238 e. The fourth-order valence-electron chi connectivity index (χ4n) is 2.85. The summed E-state index contributed by atoms with van der Waals surface area (Å²) in [5.74, 6) is -2.85. The average molecular weight is 305 g/mol. The number of carbonyl (C=O) groups excluding carboxylic acids is 3. The second-order valence-corrected chi connectivity index (χ2v) is 5.64. The van der Waals surface area contributed by atoms with Crippen LogP contribution in [0.3, 0.4) is 0 Å². The van der Waals surface area contributed by atoms with Gasteiger partial charge < -0.3 is 9.90 Å². The van der Waals surface area contributed by atoms with E-state index in [1.807, 2.05) is 0 Å². The van der Waals surface area contributed by atoms with Gasteiger partial charge in [0.15, 0.2) is 0 Å². The molecule has 5 nitrogen and oxygen atoms in total. The zero-order chi connectivity index (χ0) is 15.1. The average Bonchev–Trinajstić information content (AvgIpc) is 2.70. The molecule has 1 aliphatic heterocycles. The van der Waals surface area contributed by atoms with E-state index in [-0.39, 0.29) is 23.1 Å². The van der Waals surface area contributed by atoms with Gasteiger partial charge in [0.1, 0.15) is 0 Å². The molecule has 0 N–H and O–H groups in total. The first-order valence-corrected chi connectivity index (χ1v) is 6.90. The SMILES string of the molecule is O=C([O-])c1cccc(N2C(=O)[C@H]3CC(Cl)=CC[C@H]3C2=O)c1. The number of carboxylic acids is 1. The van der Waals surface area contributed by atoms with Gasteiger partial charge in [0.25, 0.3) is 0 Å². The van der Waals surface area contributed by atoms with Gasteiger partial charge in [0, 0.05) is 5.03 Å². The van der Waals surface area contributed by atoms with Gasteiger partial charge >= 0.3 is 0 Å². The van der Waals surface area contributed by atoms with Crippen molar-refractivity contribution in [1.29, 1.82) is 0 Å². The molecular formula is C15H11ClNO4-. The summed E-state index contributed by atoms with van der Waals surface area (Å²) in [7, 11) is 0. The largest absolute Gasteiger partial charge is 0.545 e. The summed E-state index contributed by atoms with van der Waals surface area (Å²) in [5, 5.41) is 11.5. The van der Waals surface area contributed by atoms with Gasteiger partial charge in [-0.15, -0.1) is 0 Å². The number of nitrogens with zero attached hydrogens (tertiary/aromatic N) is 1. The predicted molar refractivity (Wildman–Crippen MR) is 73.4 cm³/mol. The maximum absolute atomic E-state index is 12.4. The summed E-state index contributed by atoms with van der Waals surface area (Å²) in [6.07, 6.45) is 2.55. The molecule has 0 saturated carbocycles. The van der Waals surface area contributed by atoms with Crippen LogP contribution in [0.1, 0.15) is 23.2 Å². The molecule has 108 valence electrons. The number of allylic oxidation sites excluding steroid dienone is 2. The van der Waals surface area contributed by atoms with Crippen LogP contribution < -0.4 is 10.0 Å². The van der Waals surface area contributed by atoms with Crippen LogP contribution >= 0.6 is 11.6 Å². The fraction of sp³-hybridized carbons (Fsp3) is 0.267. The third kappa shape index (κ3) is 2.23. The third-order valence-electron chi connectivity index (χ3n) is 3.91. The third-order valence-corrected chi connectivity index (χ3v) is 4.22. The van der Waals surface area contributed by atoms with Crippen molar-refractivity contribution in [2.75, 3.05) is 4.90 Å². The number of rotatable bonds is 2. The van der Waals surface area contributed by atoms with Crippen molar-refractivity contribution in [3.05, 3.63) is 40.9 Å². The Morgan fingerprint density at radius 1 is 1.24 bits per heavy atom. The van der Waals surface area contributed by atoms with Crippen molar-refractivity contribution >= 4 is 35.1 Å². The minimum absolute atomic E-state index is 0.0703. The summed E-state index contributed by atoms with van der Waals surface area (Å²) < 4.78 is 0. The second-order valence-electron chi connectivity index (χ2n) is 5.15. The van der Waals surface area contributed by atoms with Crippen LogP contribution in [-0.4, -0.2) is 17.8 Å². The van der Waals surface area contributed by atoms with Gasteiger partial charge in [0.2, 0.25) is 11.8 Å². The Kier molecular flexibility index (Phi) is 3.29. The number of benzene rings is 1. The van der Waals surface area contributed by atoms with Crippen molar-refractivity contribution in [3.8, 4) is 0 Å². The number of imide groups is 1. The van der Waals surface area contributed by atoms with Crippen LogP contribution in [0.25, 0.3) is 0 Å². The molecule has 1 aromatic rings. The zero-order valence-electron chi connectivity index (χ0n) is 10.9. The number of halogens is 1. The van der Waals surface area contributed by atoms with Gasteiger partial charge in [-0.1, -0.05) is 29.8 Å². The van der Waals surface area contributed by atoms with E-state index in [9.17, 15) is 19.5 Å². The van der Waals surface area contributed by atoms with E-state index >= 15 is 0 Å². The number of aromatic carboxylic acids is 1. The van der Waals surface area contributed by atoms with Crippen molar-refractivity contribution in [1.82, 2.24) is 0 Å². The molecule has 0 bridgehead atoms. The van der Waals surface area contributed by atoms with Crippen LogP contribution in [0, 0.1) is 11.8 Å². The molecule has 21 heavy (non-hydrogen) atoms. The summed E-state index contributed by atoms with van der Waals surface area (Å²) in [4.78, 5) is 36.8. The van der Waals surface area contributed by atoms with Crippen LogP contribution in [0.5, 0.6) is 0 Å². The monoisotopic (exact) mass is 304 g/mol. The van der Waals surface area contributed by atoms with E-state index in [0.717, 1.165) is 4.90 Å². The van der Waals surface area contributed by atoms with Gasteiger partial charge in [0.05, 0.1) is 23.5 Å². The molecule has 1 saturated heterocycles. The van der Waals surface area contributed by atoms with E-state index in [2.05, 4.69) is 0 Å². The molecule has 1 aliphatic carbocycles. The molecule has 1 aromatic carbocycles. The molecule has 3 rings (SSSR count). The number of carbonyl (C=O) groups is 3. The molecular weight excluding hydrogens is 294 g/mol. The minimum Gasteiger partial charge on any atom is -0.545 e. The maximum Gasteiger partial charge on any atom is 0.238 e. The number of hydrogen-bond donors (Lipinski definition) is 0. The van der Waals surface area contributed by atoms with Crippen LogP contribution in [0.15, 0.2) is 35.4 Å². The summed E-state index contributed by atoms with van der Waals surface area (Å²) >= 11 is 5.95. The number of fused-ring (bicyclic) bond motifs is 1. The van der Waals surface area contributed by atoms with E-state index in [1.54, 1.807) is 6.08 Å². The van der Waals surface area contributed by atoms with Crippen LogP contribution in [0.2, 0.25) is 0 Å². The van der Waals surface area contributed by atoms with Gasteiger partial charge in [-0.2, -0.15) is 0 Å². The quantitative estimate of drug-likeness (QED) is 0.766. The molecule has 0 aromatic heterocycles. The second kappa shape index (κ2) is 5.00. The van der Waals surface area contributed by atoms with Crippen LogP contribution in [-0.2, 0) is 9.59 Å².